The molecule has 21 heavy (non-hydrogen) atoms. The van der Waals surface area contributed by atoms with Crippen molar-refractivity contribution in [2.24, 2.45) is 0 Å². The number of benzene rings is 1. The third-order valence-corrected chi connectivity index (χ3v) is 5.01. The Morgan fingerprint density at radius 1 is 1.00 bits per heavy atom. The van der Waals surface area contributed by atoms with Crippen molar-refractivity contribution >= 4 is 11.4 Å². The van der Waals surface area contributed by atoms with E-state index in [-0.39, 0.29) is 0 Å². The zero-order valence-corrected chi connectivity index (χ0v) is 13.4. The van der Waals surface area contributed by atoms with Gasteiger partial charge in [0.05, 0.1) is 11.4 Å². The summed E-state index contributed by atoms with van der Waals surface area (Å²) in [6, 6.07) is 9.55. The minimum atomic E-state index is 0.759. The Balaban J connectivity index is 1.52. The number of para-hydroxylation sites is 2. The number of nitrogens with one attached hydrogen (secondary N) is 1. The zero-order valence-electron chi connectivity index (χ0n) is 13.4. The van der Waals surface area contributed by atoms with Crippen molar-refractivity contribution in [2.45, 2.75) is 44.6 Å². The van der Waals surface area contributed by atoms with Gasteiger partial charge in [-0.05, 0) is 25.0 Å². The molecule has 2 aliphatic rings. The Hall–Kier alpha value is -1.22. The standard InChI is InChI=1S/C18H29N3/c1-20-14-15-21(18-11-7-6-10-17(18)20)13-12-19-16-8-4-2-3-5-9-16/h6-7,10-11,16,19H,2-5,8-9,12-15H2,1H3. The van der Waals surface area contributed by atoms with Crippen LogP contribution < -0.4 is 15.1 Å². The average molecular weight is 287 g/mol. The van der Waals surface area contributed by atoms with Crippen LogP contribution in [0, 0.1) is 0 Å². The maximum atomic E-state index is 3.80. The lowest BCUT2D eigenvalue weighted by atomic mass is 10.1. The smallest absolute Gasteiger partial charge is 0.0605 e. The second-order valence-electron chi connectivity index (χ2n) is 6.54. The highest BCUT2D eigenvalue weighted by molar-refractivity contribution is 5.73. The molecule has 0 saturated heterocycles. The van der Waals surface area contributed by atoms with Crippen LogP contribution in [0.5, 0.6) is 0 Å². The van der Waals surface area contributed by atoms with Gasteiger partial charge in [0.25, 0.3) is 0 Å². The summed E-state index contributed by atoms with van der Waals surface area (Å²) in [5.74, 6) is 0. The van der Waals surface area contributed by atoms with Gasteiger partial charge in [0.2, 0.25) is 0 Å². The topological polar surface area (TPSA) is 18.5 Å². The quantitative estimate of drug-likeness (QED) is 0.858. The fourth-order valence-electron chi connectivity index (χ4n) is 3.69. The van der Waals surface area contributed by atoms with Gasteiger partial charge >= 0.3 is 0 Å². The summed E-state index contributed by atoms with van der Waals surface area (Å²) < 4.78 is 0. The number of hydrogen-bond acceptors (Lipinski definition) is 3. The lowest BCUT2D eigenvalue weighted by molar-refractivity contribution is 0.461. The predicted octanol–water partition coefficient (Wildman–Crippen LogP) is 3.26. The second-order valence-corrected chi connectivity index (χ2v) is 6.54. The molecule has 1 aromatic rings. The molecule has 0 radical (unpaired) electrons. The molecule has 0 unspecified atom stereocenters. The molecule has 0 atom stereocenters. The van der Waals surface area contributed by atoms with Crippen molar-refractivity contribution in [1.82, 2.24) is 5.32 Å². The molecule has 1 aliphatic carbocycles. The van der Waals surface area contributed by atoms with Crippen molar-refractivity contribution in [2.75, 3.05) is 43.0 Å². The maximum Gasteiger partial charge on any atom is 0.0605 e. The molecule has 1 fully saturated rings. The van der Waals surface area contributed by atoms with E-state index < -0.39 is 0 Å². The molecule has 1 N–H and O–H groups in total. The average Bonchev–Trinajstić information content (AvgIpc) is 2.79. The zero-order chi connectivity index (χ0) is 14.5. The Morgan fingerprint density at radius 3 is 2.48 bits per heavy atom. The first-order chi connectivity index (χ1) is 10.3. The third-order valence-electron chi connectivity index (χ3n) is 5.01. The fourth-order valence-corrected chi connectivity index (χ4v) is 3.69. The second kappa shape index (κ2) is 7.17. The van der Waals surface area contributed by atoms with Crippen LogP contribution in [0.15, 0.2) is 24.3 Å². The molecule has 0 aromatic heterocycles. The predicted molar refractivity (Wildman–Crippen MR) is 91.4 cm³/mol. The van der Waals surface area contributed by atoms with Gasteiger partial charge in [-0.1, -0.05) is 37.8 Å². The van der Waals surface area contributed by atoms with E-state index in [2.05, 4.69) is 46.4 Å². The van der Waals surface area contributed by atoms with E-state index >= 15 is 0 Å². The van der Waals surface area contributed by atoms with Gasteiger partial charge in [-0.2, -0.15) is 0 Å². The molecule has 0 bridgehead atoms. The molecule has 3 nitrogen and oxygen atoms in total. The largest absolute Gasteiger partial charge is 0.371 e. The Morgan fingerprint density at radius 2 is 1.71 bits per heavy atom. The molecular formula is C18H29N3. The molecule has 1 aliphatic heterocycles. The number of nitrogens with zero attached hydrogens (tertiary/aromatic N) is 2. The van der Waals surface area contributed by atoms with Crippen molar-refractivity contribution in [3.05, 3.63) is 24.3 Å². The highest BCUT2D eigenvalue weighted by atomic mass is 15.3. The summed E-state index contributed by atoms with van der Waals surface area (Å²) in [6.07, 6.45) is 8.44. The van der Waals surface area contributed by atoms with E-state index in [9.17, 15) is 0 Å². The van der Waals surface area contributed by atoms with Crippen LogP contribution in [0.4, 0.5) is 11.4 Å². The van der Waals surface area contributed by atoms with Gasteiger partial charge in [0, 0.05) is 39.3 Å². The molecule has 0 spiro atoms. The van der Waals surface area contributed by atoms with Crippen LogP contribution in [0.2, 0.25) is 0 Å². The number of anilines is 2. The highest BCUT2D eigenvalue weighted by Crippen LogP contribution is 2.31. The third kappa shape index (κ3) is 3.70. The van der Waals surface area contributed by atoms with E-state index in [1.807, 2.05) is 0 Å². The molecule has 0 amide bonds. The van der Waals surface area contributed by atoms with E-state index in [1.54, 1.807) is 0 Å². The Kier molecular flexibility index (Phi) is 5.02. The lowest BCUT2D eigenvalue weighted by Gasteiger charge is -2.37. The summed E-state index contributed by atoms with van der Waals surface area (Å²) >= 11 is 0. The normalized spacial score (nSPS) is 20.2. The molecular weight excluding hydrogens is 258 g/mol. The van der Waals surface area contributed by atoms with Crippen LogP contribution >= 0.6 is 0 Å². The van der Waals surface area contributed by atoms with Crippen molar-refractivity contribution < 1.29 is 0 Å². The van der Waals surface area contributed by atoms with E-state index in [0.717, 1.165) is 32.2 Å². The molecule has 3 rings (SSSR count). The summed E-state index contributed by atoms with van der Waals surface area (Å²) in [4.78, 5) is 4.91. The van der Waals surface area contributed by atoms with Gasteiger partial charge in [-0.3, -0.25) is 0 Å². The van der Waals surface area contributed by atoms with Gasteiger partial charge in [-0.15, -0.1) is 0 Å². The van der Waals surface area contributed by atoms with Crippen LogP contribution in [-0.4, -0.2) is 39.3 Å². The number of hydrogen-bond donors (Lipinski definition) is 1. The Bertz CT molecular complexity index is 438. The molecule has 1 heterocycles. The fraction of sp³-hybridized carbons (Fsp3) is 0.667. The summed E-state index contributed by atoms with van der Waals surface area (Å²) in [5, 5.41) is 3.80. The molecule has 1 saturated carbocycles. The minimum absolute atomic E-state index is 0.759. The number of likely N-dealkylation sites (N-methyl/N-ethyl adjacent to an activating group) is 1. The van der Waals surface area contributed by atoms with Gasteiger partial charge < -0.3 is 15.1 Å². The van der Waals surface area contributed by atoms with E-state index in [0.29, 0.717) is 0 Å². The van der Waals surface area contributed by atoms with E-state index in [4.69, 9.17) is 0 Å². The molecule has 1 aromatic carbocycles. The van der Waals surface area contributed by atoms with Crippen LogP contribution in [0.3, 0.4) is 0 Å². The van der Waals surface area contributed by atoms with Crippen molar-refractivity contribution in [3.63, 3.8) is 0 Å². The summed E-state index contributed by atoms with van der Waals surface area (Å²) in [7, 11) is 2.19. The van der Waals surface area contributed by atoms with Gasteiger partial charge in [0.1, 0.15) is 0 Å². The lowest BCUT2D eigenvalue weighted by Crippen LogP contribution is -2.43. The highest BCUT2D eigenvalue weighted by Gasteiger charge is 2.19. The van der Waals surface area contributed by atoms with Gasteiger partial charge in [-0.25, -0.2) is 0 Å². The number of fused-ring (bicyclic) bond motifs is 1. The Labute approximate surface area is 129 Å². The SMILES string of the molecule is CN1CCN(CCNC2CCCCCC2)c2ccccc21. The van der Waals surface area contributed by atoms with Crippen molar-refractivity contribution in [1.29, 1.82) is 0 Å². The summed E-state index contributed by atoms with van der Waals surface area (Å²) in [5.41, 5.74) is 2.77. The van der Waals surface area contributed by atoms with Crippen molar-refractivity contribution in [3.8, 4) is 0 Å². The van der Waals surface area contributed by atoms with Gasteiger partial charge in [0.15, 0.2) is 0 Å². The molecule has 116 valence electrons. The van der Waals surface area contributed by atoms with Crippen LogP contribution in [0.25, 0.3) is 0 Å². The summed E-state index contributed by atoms with van der Waals surface area (Å²) in [6.45, 7) is 4.50. The molecule has 3 heteroatoms. The first kappa shape index (κ1) is 14.7. The monoisotopic (exact) mass is 287 g/mol. The maximum absolute atomic E-state index is 3.80. The van der Waals surface area contributed by atoms with E-state index in [1.165, 1.54) is 49.9 Å². The first-order valence-electron chi connectivity index (χ1n) is 8.63. The number of rotatable bonds is 4. The minimum Gasteiger partial charge on any atom is -0.371 e. The first-order valence-corrected chi connectivity index (χ1v) is 8.63. The van der Waals surface area contributed by atoms with Crippen LogP contribution in [0.1, 0.15) is 38.5 Å². The van der Waals surface area contributed by atoms with Crippen LogP contribution in [-0.2, 0) is 0 Å².